The minimum Gasteiger partial charge on any atom is -0.381 e. The van der Waals surface area contributed by atoms with E-state index in [2.05, 4.69) is 33.5 Å². The molecule has 0 unspecified atom stereocenters. The van der Waals surface area contributed by atoms with Crippen molar-refractivity contribution in [2.24, 2.45) is 23.7 Å². The van der Waals surface area contributed by atoms with E-state index < -0.39 is 5.91 Å². The first-order valence-corrected chi connectivity index (χ1v) is 14.0. The van der Waals surface area contributed by atoms with E-state index in [0.29, 0.717) is 28.7 Å². The standard InChI is InChI=1S/C23H17N3O.C11H17N5O/c1-2-21-25-20-10-6-7-18(12-11-17-13-15-24-16-14-17)22(20)23(27)26(21)19-8-4-3-5-9-19;1-5-7(6(2)3)14-11-8(10(13)17)9(12)15-16(11)4/h3-10,13-16H,2H2,1H3;5-6H,1H2,2-4H3,(H2,12,15)(H2,13,17)/b;14-7+. The van der Waals surface area contributed by atoms with Gasteiger partial charge in [0.1, 0.15) is 11.4 Å². The molecular formula is C34H34N8O2. The van der Waals surface area contributed by atoms with E-state index >= 15 is 0 Å². The number of fused-ring (bicyclic) bond motifs is 1. The van der Waals surface area contributed by atoms with Crippen LogP contribution in [0.3, 0.4) is 0 Å². The molecule has 10 heteroatoms. The number of anilines is 1. The topological polar surface area (TPSA) is 147 Å². The summed E-state index contributed by atoms with van der Waals surface area (Å²) < 4.78 is 3.11. The lowest BCUT2D eigenvalue weighted by molar-refractivity contribution is 0.100. The van der Waals surface area contributed by atoms with Gasteiger partial charge < -0.3 is 11.5 Å². The van der Waals surface area contributed by atoms with Gasteiger partial charge >= 0.3 is 0 Å². The van der Waals surface area contributed by atoms with Gasteiger partial charge in [0.2, 0.25) is 0 Å². The van der Waals surface area contributed by atoms with Gasteiger partial charge in [-0.3, -0.25) is 19.1 Å². The number of rotatable bonds is 6. The summed E-state index contributed by atoms with van der Waals surface area (Å²) in [6.45, 7) is 9.63. The SMILES string of the molecule is C=C/C(=N\c1c(C(N)=O)c(N)nn1C)C(C)C.CCc1nc2cccc(C#Cc3ccncc3)c2c(=O)n1-c1ccccc1. The maximum Gasteiger partial charge on any atom is 0.267 e. The van der Waals surface area contributed by atoms with Gasteiger partial charge in [0, 0.05) is 42.7 Å². The number of aliphatic imine (C=N–C) groups is 1. The molecule has 0 atom stereocenters. The van der Waals surface area contributed by atoms with Gasteiger partial charge in [-0.1, -0.05) is 63.5 Å². The Hall–Kier alpha value is -5.82. The van der Waals surface area contributed by atoms with Gasteiger partial charge in [-0.25, -0.2) is 14.7 Å². The first-order chi connectivity index (χ1) is 21.2. The monoisotopic (exact) mass is 586 g/mol. The summed E-state index contributed by atoms with van der Waals surface area (Å²) in [5.41, 5.74) is 14.7. The molecule has 0 aliphatic carbocycles. The Balaban J connectivity index is 0.000000225. The Morgan fingerprint density at radius 3 is 2.39 bits per heavy atom. The highest BCUT2D eigenvalue weighted by molar-refractivity contribution is 6.04. The predicted octanol–water partition coefficient (Wildman–Crippen LogP) is 4.76. The number of nitrogens with two attached hydrogens (primary N) is 2. The van der Waals surface area contributed by atoms with Crippen LogP contribution in [0.15, 0.2) is 95.5 Å². The van der Waals surface area contributed by atoms with Gasteiger partial charge in [-0.15, -0.1) is 0 Å². The Kier molecular flexibility index (Phi) is 9.83. The number of hydrogen-bond acceptors (Lipinski definition) is 7. The molecule has 0 aliphatic heterocycles. The molecule has 222 valence electrons. The van der Waals surface area contributed by atoms with Gasteiger partial charge in [-0.2, -0.15) is 5.10 Å². The van der Waals surface area contributed by atoms with Gasteiger partial charge in [0.25, 0.3) is 11.5 Å². The van der Waals surface area contributed by atoms with E-state index in [4.69, 9.17) is 16.5 Å². The minimum absolute atomic E-state index is 0.0888. The largest absolute Gasteiger partial charge is 0.381 e. The fourth-order valence-electron chi connectivity index (χ4n) is 4.47. The Morgan fingerprint density at radius 1 is 1.07 bits per heavy atom. The van der Waals surface area contributed by atoms with E-state index in [9.17, 15) is 9.59 Å². The summed E-state index contributed by atoms with van der Waals surface area (Å²) in [6.07, 6.45) is 5.70. The third-order valence-corrected chi connectivity index (χ3v) is 6.65. The number of primary amides is 1. The minimum atomic E-state index is -0.637. The van der Waals surface area contributed by atoms with Crippen molar-refractivity contribution in [1.29, 1.82) is 0 Å². The summed E-state index contributed by atoms with van der Waals surface area (Å²) in [4.78, 5) is 37.7. The number of amides is 1. The van der Waals surface area contributed by atoms with Crippen LogP contribution in [-0.2, 0) is 13.5 Å². The van der Waals surface area contributed by atoms with Crippen LogP contribution in [0.5, 0.6) is 0 Å². The van der Waals surface area contributed by atoms with Crippen LogP contribution in [0, 0.1) is 17.8 Å². The molecule has 0 saturated heterocycles. The average Bonchev–Trinajstić information content (AvgIpc) is 3.31. The lowest BCUT2D eigenvalue weighted by Gasteiger charge is -2.13. The van der Waals surface area contributed by atoms with Crippen LogP contribution in [-0.4, -0.2) is 35.9 Å². The first-order valence-electron chi connectivity index (χ1n) is 14.0. The number of pyridine rings is 1. The van der Waals surface area contributed by atoms with Crippen molar-refractivity contribution in [3.63, 3.8) is 0 Å². The van der Waals surface area contributed by atoms with Crippen LogP contribution in [0.4, 0.5) is 11.6 Å². The molecule has 2 aromatic carbocycles. The smallest absolute Gasteiger partial charge is 0.267 e. The highest BCUT2D eigenvalue weighted by atomic mass is 16.1. The van der Waals surface area contributed by atoms with Crippen molar-refractivity contribution in [3.05, 3.63) is 119 Å². The number of aryl methyl sites for hydroxylation is 2. The van der Waals surface area contributed by atoms with Crippen LogP contribution >= 0.6 is 0 Å². The molecule has 0 radical (unpaired) electrons. The summed E-state index contributed by atoms with van der Waals surface area (Å²) >= 11 is 0. The van der Waals surface area contributed by atoms with Crippen LogP contribution in [0.25, 0.3) is 16.6 Å². The molecule has 44 heavy (non-hydrogen) atoms. The first kappa shape index (κ1) is 31.1. The number of carbonyl (C=O) groups excluding carboxylic acids is 1. The molecular weight excluding hydrogens is 552 g/mol. The summed E-state index contributed by atoms with van der Waals surface area (Å²) in [7, 11) is 1.66. The maximum absolute atomic E-state index is 13.4. The van der Waals surface area contributed by atoms with Crippen LogP contribution in [0.2, 0.25) is 0 Å². The average molecular weight is 587 g/mol. The molecule has 0 saturated carbocycles. The molecule has 5 rings (SSSR count). The second-order valence-corrected chi connectivity index (χ2v) is 10.0. The zero-order chi connectivity index (χ0) is 31.8. The number of nitrogens with zero attached hydrogens (tertiary/aromatic N) is 6. The summed E-state index contributed by atoms with van der Waals surface area (Å²) in [6, 6.07) is 18.9. The van der Waals surface area contributed by atoms with Crippen molar-refractivity contribution in [2.75, 3.05) is 5.73 Å². The van der Waals surface area contributed by atoms with Crippen LogP contribution in [0.1, 0.15) is 48.1 Å². The number of benzene rings is 2. The highest BCUT2D eigenvalue weighted by Crippen LogP contribution is 2.24. The molecule has 5 aromatic rings. The molecule has 0 aliphatic rings. The van der Waals surface area contributed by atoms with Crippen molar-refractivity contribution in [2.45, 2.75) is 27.2 Å². The number of carbonyl (C=O) groups is 1. The van der Waals surface area contributed by atoms with Gasteiger partial charge in [0.05, 0.1) is 16.6 Å². The Labute approximate surface area is 255 Å². The summed E-state index contributed by atoms with van der Waals surface area (Å²) in [5, 5.41) is 4.47. The normalized spacial score (nSPS) is 11.0. The molecule has 3 aromatic heterocycles. The van der Waals surface area contributed by atoms with Gasteiger partial charge in [0.15, 0.2) is 11.6 Å². The number of nitrogen functional groups attached to an aromatic ring is 1. The second kappa shape index (κ2) is 13.9. The summed E-state index contributed by atoms with van der Waals surface area (Å²) in [5.74, 6) is 6.96. The number of aromatic nitrogens is 5. The maximum atomic E-state index is 13.4. The third kappa shape index (κ3) is 6.79. The van der Waals surface area contributed by atoms with E-state index in [1.165, 1.54) is 4.68 Å². The lowest BCUT2D eigenvalue weighted by Crippen LogP contribution is -2.24. The highest BCUT2D eigenvalue weighted by Gasteiger charge is 2.19. The van der Waals surface area contributed by atoms with Crippen molar-refractivity contribution >= 4 is 34.2 Å². The third-order valence-electron chi connectivity index (χ3n) is 6.65. The quantitative estimate of drug-likeness (QED) is 0.217. The number of allylic oxidation sites excluding steroid dienone is 1. The van der Waals surface area contributed by atoms with Crippen molar-refractivity contribution in [1.82, 2.24) is 24.3 Å². The van der Waals surface area contributed by atoms with E-state index in [1.807, 2.05) is 81.4 Å². The van der Waals surface area contributed by atoms with Crippen molar-refractivity contribution < 1.29 is 4.79 Å². The lowest BCUT2D eigenvalue weighted by atomic mass is 10.1. The van der Waals surface area contributed by atoms with Gasteiger partial charge in [-0.05, 0) is 48.4 Å². The Bertz CT molecular complexity index is 1960. The molecule has 0 fully saturated rings. The molecule has 0 bridgehead atoms. The fourth-order valence-corrected chi connectivity index (χ4v) is 4.47. The molecule has 1 amide bonds. The predicted molar refractivity (Wildman–Crippen MR) is 175 cm³/mol. The number of hydrogen-bond donors (Lipinski definition) is 2. The fraction of sp³-hybridized carbons (Fsp3) is 0.176. The second-order valence-electron chi connectivity index (χ2n) is 10.0. The molecule has 10 nitrogen and oxygen atoms in total. The van der Waals surface area contributed by atoms with Crippen LogP contribution < -0.4 is 17.0 Å². The Morgan fingerprint density at radius 2 is 1.77 bits per heavy atom. The van der Waals surface area contributed by atoms with Crippen molar-refractivity contribution in [3.8, 4) is 17.5 Å². The zero-order valence-corrected chi connectivity index (χ0v) is 25.2. The van der Waals surface area contributed by atoms with E-state index in [-0.39, 0.29) is 22.9 Å². The van der Waals surface area contributed by atoms with E-state index in [1.54, 1.807) is 30.1 Å². The molecule has 0 spiro atoms. The number of para-hydroxylation sites is 1. The van der Waals surface area contributed by atoms with E-state index in [0.717, 1.165) is 22.8 Å². The zero-order valence-electron chi connectivity index (χ0n) is 25.2. The molecule has 4 N–H and O–H groups in total. The molecule has 3 heterocycles.